The van der Waals surface area contributed by atoms with Crippen LogP contribution in [0.5, 0.6) is 0 Å². The summed E-state index contributed by atoms with van der Waals surface area (Å²) in [7, 11) is 0. The molecule has 0 spiro atoms. The van der Waals surface area contributed by atoms with Crippen LogP contribution in [0.25, 0.3) is 0 Å². The van der Waals surface area contributed by atoms with Gasteiger partial charge in [0, 0.05) is 65.4 Å². The van der Waals surface area contributed by atoms with Crippen LogP contribution in [0.15, 0.2) is 18.5 Å². The average molecular weight is 327 g/mol. The molecule has 68 valence electrons. The van der Waals surface area contributed by atoms with Gasteiger partial charge in [-0.2, -0.15) is 5.56 Å². The van der Waals surface area contributed by atoms with E-state index in [-0.39, 0.29) is 71.5 Å². The van der Waals surface area contributed by atoms with Gasteiger partial charge >= 0.3 is 0 Å². The number of hydrogen-bond donors (Lipinski definition) is 1. The standard InChI is InChI=1S/C6H6N.C3H7N.2Y/c1-6-3-2-4-7-5-6;1-3(2)4;;/h3-5H,1H3;3H,1-2,4H2;;/q-1;-2;;. The zero-order chi connectivity index (χ0) is 8.69. The van der Waals surface area contributed by atoms with E-state index in [0.717, 1.165) is 5.56 Å². The van der Waals surface area contributed by atoms with E-state index in [1.54, 1.807) is 12.4 Å². The van der Waals surface area contributed by atoms with Crippen molar-refractivity contribution in [1.29, 1.82) is 0 Å². The third-order valence-electron chi connectivity index (χ3n) is 0.738. The largest absolute Gasteiger partial charge is 0.386 e. The van der Waals surface area contributed by atoms with E-state index in [1.807, 2.05) is 13.0 Å². The van der Waals surface area contributed by atoms with Gasteiger partial charge in [0.2, 0.25) is 0 Å². The van der Waals surface area contributed by atoms with Gasteiger partial charge in [-0.3, -0.25) is 6.04 Å². The second kappa shape index (κ2) is 13.3. The molecule has 0 saturated heterocycles. The van der Waals surface area contributed by atoms with Gasteiger partial charge < -0.3 is 24.6 Å². The number of rotatable bonds is 0. The average Bonchev–Trinajstić information content (AvgIpc) is 1.87. The molecule has 0 aliphatic heterocycles. The van der Waals surface area contributed by atoms with Crippen LogP contribution in [0.4, 0.5) is 0 Å². The number of nitrogens with two attached hydrogens (primary N) is 1. The first-order valence-electron chi connectivity index (χ1n) is 3.32. The quantitative estimate of drug-likeness (QED) is 0.727. The maximum atomic E-state index is 4.89. The molecule has 0 unspecified atom stereocenters. The summed E-state index contributed by atoms with van der Waals surface area (Å²) in [4.78, 5) is 3.83. The molecule has 2 nitrogen and oxygen atoms in total. The Morgan fingerprint density at radius 3 is 2.08 bits per heavy atom. The van der Waals surface area contributed by atoms with Gasteiger partial charge in [-0.05, 0) is 0 Å². The Morgan fingerprint density at radius 2 is 1.92 bits per heavy atom. The molecule has 13 heavy (non-hydrogen) atoms. The van der Waals surface area contributed by atoms with Crippen molar-refractivity contribution in [2.75, 3.05) is 0 Å². The molecule has 1 aromatic heterocycles. The molecule has 1 heterocycles. The molecule has 1 aromatic rings. The third kappa shape index (κ3) is 19.6. The van der Waals surface area contributed by atoms with E-state index in [9.17, 15) is 0 Å². The Labute approximate surface area is 131 Å². The number of aromatic nitrogens is 1. The van der Waals surface area contributed by atoms with Crippen LogP contribution < -0.4 is 5.73 Å². The number of nitrogens with zero attached hydrogens (tertiary/aromatic N) is 1. The minimum Gasteiger partial charge on any atom is -0.386 e. The Bertz CT molecular complexity index is 175. The minimum absolute atomic E-state index is 0. The van der Waals surface area contributed by atoms with Crippen molar-refractivity contribution >= 4 is 0 Å². The van der Waals surface area contributed by atoms with Crippen LogP contribution in [0.3, 0.4) is 0 Å². The summed E-state index contributed by atoms with van der Waals surface area (Å²) in [5.74, 6) is 0. The number of hydrogen-bond acceptors (Lipinski definition) is 2. The van der Waals surface area contributed by atoms with Gasteiger partial charge in [-0.1, -0.05) is 12.4 Å². The van der Waals surface area contributed by atoms with Crippen molar-refractivity contribution in [3.05, 3.63) is 43.9 Å². The number of aryl methyl sites for hydroxylation is 1. The first-order chi connectivity index (χ1) is 5.13. The van der Waals surface area contributed by atoms with Crippen LogP contribution in [0.1, 0.15) is 5.56 Å². The van der Waals surface area contributed by atoms with Crippen LogP contribution in [-0.2, 0) is 65.4 Å². The van der Waals surface area contributed by atoms with Crippen molar-refractivity contribution in [2.24, 2.45) is 5.73 Å². The molecule has 0 atom stereocenters. The fourth-order valence-electron chi connectivity index (χ4n) is 0.404. The Balaban J connectivity index is -0.000000150. The maximum Gasteiger partial charge on any atom is 0 e. The van der Waals surface area contributed by atoms with Gasteiger partial charge in [0.15, 0.2) is 0 Å². The molecule has 0 aliphatic carbocycles. The number of pyridine rings is 1. The summed E-state index contributed by atoms with van der Waals surface area (Å²) in [6.45, 7) is 8.60. The van der Waals surface area contributed by atoms with Crippen LogP contribution in [0.2, 0.25) is 0 Å². The fourth-order valence-corrected chi connectivity index (χ4v) is 0.404. The van der Waals surface area contributed by atoms with Gasteiger partial charge in [0.05, 0.1) is 0 Å². The summed E-state index contributed by atoms with van der Waals surface area (Å²) >= 11 is 0. The summed E-state index contributed by atoms with van der Waals surface area (Å²) in [6, 6.07) is 4.58. The van der Waals surface area contributed by atoms with Crippen LogP contribution in [0, 0.1) is 26.8 Å². The van der Waals surface area contributed by atoms with E-state index in [0.29, 0.717) is 0 Å². The van der Waals surface area contributed by atoms with Crippen LogP contribution in [-0.4, -0.2) is 11.0 Å². The second-order valence-corrected chi connectivity index (χ2v) is 2.22. The molecule has 0 aromatic carbocycles. The van der Waals surface area contributed by atoms with Crippen molar-refractivity contribution in [3.63, 3.8) is 0 Å². The van der Waals surface area contributed by atoms with Gasteiger partial charge in [0.1, 0.15) is 0 Å². The summed E-state index contributed by atoms with van der Waals surface area (Å²) in [5, 5.41) is 0. The molecule has 0 fully saturated rings. The summed E-state index contributed by atoms with van der Waals surface area (Å²) in [6.07, 6.45) is 3.45. The van der Waals surface area contributed by atoms with Crippen LogP contribution >= 0.6 is 0 Å². The first kappa shape index (κ1) is 19.8. The molecule has 2 radical (unpaired) electrons. The van der Waals surface area contributed by atoms with Gasteiger partial charge in [-0.25, -0.2) is 12.1 Å². The molecular weight excluding hydrogens is 314 g/mol. The molecule has 0 aliphatic rings. The monoisotopic (exact) mass is 327 g/mol. The van der Waals surface area contributed by atoms with E-state index in [2.05, 4.69) is 24.9 Å². The van der Waals surface area contributed by atoms with Crippen molar-refractivity contribution in [2.45, 2.75) is 13.0 Å². The molecule has 0 amide bonds. The summed E-state index contributed by atoms with van der Waals surface area (Å²) < 4.78 is 0. The second-order valence-electron chi connectivity index (χ2n) is 2.22. The first-order valence-corrected chi connectivity index (χ1v) is 3.32. The molecule has 4 heteroatoms. The molecule has 0 bridgehead atoms. The molecule has 0 saturated carbocycles. The maximum absolute atomic E-state index is 4.89. The van der Waals surface area contributed by atoms with E-state index in [4.69, 9.17) is 5.73 Å². The van der Waals surface area contributed by atoms with E-state index in [1.165, 1.54) is 0 Å². The van der Waals surface area contributed by atoms with E-state index < -0.39 is 0 Å². The Morgan fingerprint density at radius 1 is 1.46 bits per heavy atom. The Kier molecular flexibility index (Phi) is 20.3. The normalized spacial score (nSPS) is 7.46. The Hall–Kier alpha value is 1.32. The van der Waals surface area contributed by atoms with Gasteiger partial charge in [0.25, 0.3) is 0 Å². The minimum atomic E-state index is -0.167. The summed E-state index contributed by atoms with van der Waals surface area (Å²) in [5.41, 5.74) is 6.04. The van der Waals surface area contributed by atoms with Crippen molar-refractivity contribution in [1.82, 2.24) is 4.98 Å². The predicted molar refractivity (Wildman–Crippen MR) is 46.5 cm³/mol. The van der Waals surface area contributed by atoms with Gasteiger partial charge in [-0.15, -0.1) is 6.92 Å². The smallest absolute Gasteiger partial charge is 0 e. The molecular formula is C9H13N2Y2-3. The zero-order valence-corrected chi connectivity index (χ0v) is 13.6. The zero-order valence-electron chi connectivity index (χ0n) is 7.90. The van der Waals surface area contributed by atoms with Crippen molar-refractivity contribution in [3.8, 4) is 0 Å². The molecule has 1 rings (SSSR count). The topological polar surface area (TPSA) is 38.9 Å². The van der Waals surface area contributed by atoms with Crippen molar-refractivity contribution < 1.29 is 65.4 Å². The molecule has 2 N–H and O–H groups in total. The fraction of sp³-hybridized carbons (Fsp3) is 0.222. The SMILES string of the molecule is Cc1c[c-]cnc1.[CH2-]C([CH2-])N.[Y].[Y]. The van der Waals surface area contributed by atoms with E-state index >= 15 is 0 Å². The third-order valence-corrected chi connectivity index (χ3v) is 0.738. The predicted octanol–water partition coefficient (Wildman–Crippen LogP) is 1.17.